The van der Waals surface area contributed by atoms with Gasteiger partial charge in [0.25, 0.3) is 0 Å². The molecule has 0 aromatic carbocycles. The molecule has 2 N–H and O–H groups in total. The first kappa shape index (κ1) is 14.8. The highest BCUT2D eigenvalue weighted by Gasteiger charge is 2.46. The molecule has 6 heteroatoms. The summed E-state index contributed by atoms with van der Waals surface area (Å²) in [5.41, 5.74) is -1.09. The molecule has 5 nitrogen and oxygen atoms in total. The van der Waals surface area contributed by atoms with Crippen LogP contribution in [-0.4, -0.2) is 34.1 Å². The molecule has 1 aliphatic heterocycles. The molecule has 2 heterocycles. The molecule has 110 valence electrons. The summed E-state index contributed by atoms with van der Waals surface area (Å²) in [6, 6.07) is 3.59. The quantitative estimate of drug-likeness (QED) is 0.901. The summed E-state index contributed by atoms with van der Waals surface area (Å²) in [7, 11) is 0. The van der Waals surface area contributed by atoms with E-state index in [0.29, 0.717) is 13.0 Å². The molecule has 0 saturated carbocycles. The minimum absolute atomic E-state index is 0.111. The molecule has 0 radical (unpaired) electrons. The first-order valence-electron chi connectivity index (χ1n) is 6.72. The number of thiophene rings is 1. The Labute approximate surface area is 122 Å². The lowest BCUT2D eigenvalue weighted by atomic mass is 10.00. The third-order valence-electron chi connectivity index (χ3n) is 3.87. The van der Waals surface area contributed by atoms with Crippen LogP contribution in [0.5, 0.6) is 0 Å². The second kappa shape index (κ2) is 5.44. The number of likely N-dealkylation sites (tertiary alicyclic amines) is 1. The van der Waals surface area contributed by atoms with Crippen LogP contribution >= 0.6 is 11.3 Å². The number of aliphatic carboxylic acids is 1. The highest BCUT2D eigenvalue weighted by molar-refractivity contribution is 7.12. The monoisotopic (exact) mass is 296 g/mol. The van der Waals surface area contributed by atoms with Crippen molar-refractivity contribution in [3.8, 4) is 0 Å². The van der Waals surface area contributed by atoms with Crippen molar-refractivity contribution in [2.45, 2.75) is 45.2 Å². The summed E-state index contributed by atoms with van der Waals surface area (Å²) < 4.78 is 0. The van der Waals surface area contributed by atoms with Gasteiger partial charge in [-0.25, -0.2) is 9.59 Å². The second-order valence-electron chi connectivity index (χ2n) is 5.45. The average molecular weight is 296 g/mol. The standard InChI is InChI=1S/C14H20N2O3S/c1-9-5-6-11(20-9)10(2)15-13(19)16-8-4-7-14(16,3)12(17)18/h5-6,10H,4,7-8H2,1-3H3,(H,15,19)(H,17,18). The van der Waals surface area contributed by atoms with Crippen LogP contribution in [0.3, 0.4) is 0 Å². The second-order valence-corrected chi connectivity index (χ2v) is 6.77. The molecule has 0 bridgehead atoms. The number of carboxylic acids is 1. The summed E-state index contributed by atoms with van der Waals surface area (Å²) in [5.74, 6) is -0.940. The lowest BCUT2D eigenvalue weighted by Gasteiger charge is -2.32. The number of aryl methyl sites for hydroxylation is 1. The van der Waals surface area contributed by atoms with E-state index in [-0.39, 0.29) is 12.1 Å². The van der Waals surface area contributed by atoms with Gasteiger partial charge in [-0.1, -0.05) is 0 Å². The van der Waals surface area contributed by atoms with Gasteiger partial charge in [-0.05, 0) is 45.7 Å². The summed E-state index contributed by atoms with van der Waals surface area (Å²) in [6.45, 7) is 6.04. The Balaban J connectivity index is 2.06. The molecule has 2 amide bonds. The van der Waals surface area contributed by atoms with Crippen molar-refractivity contribution in [1.82, 2.24) is 10.2 Å². The zero-order chi connectivity index (χ0) is 14.9. The van der Waals surface area contributed by atoms with Gasteiger partial charge in [0.05, 0.1) is 6.04 Å². The number of amides is 2. The van der Waals surface area contributed by atoms with Crippen LogP contribution in [0.4, 0.5) is 4.79 Å². The van der Waals surface area contributed by atoms with Gasteiger partial charge in [0.2, 0.25) is 0 Å². The Morgan fingerprint density at radius 1 is 1.50 bits per heavy atom. The van der Waals surface area contributed by atoms with Gasteiger partial charge in [0.15, 0.2) is 0 Å². The van der Waals surface area contributed by atoms with Crippen LogP contribution < -0.4 is 5.32 Å². The van der Waals surface area contributed by atoms with Crippen LogP contribution in [0.1, 0.15) is 42.5 Å². The minimum Gasteiger partial charge on any atom is -0.480 e. The number of carboxylic acid groups (broad SMARTS) is 1. The summed E-state index contributed by atoms with van der Waals surface area (Å²) >= 11 is 1.64. The van der Waals surface area contributed by atoms with Crippen LogP contribution in [0.25, 0.3) is 0 Å². The fraction of sp³-hybridized carbons (Fsp3) is 0.571. The van der Waals surface area contributed by atoms with E-state index >= 15 is 0 Å². The third-order valence-corrected chi connectivity index (χ3v) is 5.06. The molecule has 2 rings (SSSR count). The smallest absolute Gasteiger partial charge is 0.329 e. The summed E-state index contributed by atoms with van der Waals surface area (Å²) in [5, 5.41) is 12.2. The third kappa shape index (κ3) is 2.65. The van der Waals surface area contributed by atoms with Crippen molar-refractivity contribution in [3.63, 3.8) is 0 Å². The first-order chi connectivity index (χ1) is 9.34. The fourth-order valence-electron chi connectivity index (χ4n) is 2.53. The van der Waals surface area contributed by atoms with E-state index in [1.54, 1.807) is 18.3 Å². The van der Waals surface area contributed by atoms with Crippen LogP contribution in [0.2, 0.25) is 0 Å². The van der Waals surface area contributed by atoms with E-state index in [1.165, 1.54) is 9.78 Å². The molecule has 1 fully saturated rings. The maximum Gasteiger partial charge on any atom is 0.329 e. The zero-order valence-electron chi connectivity index (χ0n) is 12.0. The Hall–Kier alpha value is -1.56. The maximum absolute atomic E-state index is 12.3. The van der Waals surface area contributed by atoms with Gasteiger partial charge in [-0.3, -0.25) is 0 Å². The fourth-order valence-corrected chi connectivity index (χ4v) is 3.41. The number of nitrogens with one attached hydrogen (secondary N) is 1. The lowest BCUT2D eigenvalue weighted by Crippen LogP contribution is -2.54. The molecule has 1 aromatic heterocycles. The molecule has 0 aliphatic carbocycles. The summed E-state index contributed by atoms with van der Waals surface area (Å²) in [6.07, 6.45) is 1.23. The largest absolute Gasteiger partial charge is 0.480 e. The highest BCUT2D eigenvalue weighted by Crippen LogP contribution is 2.30. The maximum atomic E-state index is 12.3. The van der Waals surface area contributed by atoms with E-state index in [4.69, 9.17) is 0 Å². The topological polar surface area (TPSA) is 69.6 Å². The Kier molecular flexibility index (Phi) is 4.04. The molecule has 1 saturated heterocycles. The van der Waals surface area contributed by atoms with E-state index in [1.807, 2.05) is 26.0 Å². The molecule has 1 aromatic rings. The van der Waals surface area contributed by atoms with Gasteiger partial charge in [-0.2, -0.15) is 0 Å². The van der Waals surface area contributed by atoms with Crippen LogP contribution in [0, 0.1) is 6.92 Å². The molecule has 20 heavy (non-hydrogen) atoms. The van der Waals surface area contributed by atoms with Crippen LogP contribution in [0.15, 0.2) is 12.1 Å². The predicted octanol–water partition coefficient (Wildman–Crippen LogP) is 2.77. The summed E-state index contributed by atoms with van der Waals surface area (Å²) in [4.78, 5) is 27.4. The number of hydrogen-bond acceptors (Lipinski definition) is 3. The van der Waals surface area contributed by atoms with Gasteiger partial charge < -0.3 is 15.3 Å². The van der Waals surface area contributed by atoms with E-state index in [2.05, 4.69) is 5.32 Å². The molecule has 2 atom stereocenters. The SMILES string of the molecule is Cc1ccc(C(C)NC(=O)N2CCCC2(C)C(=O)O)s1. The van der Waals surface area contributed by atoms with E-state index < -0.39 is 11.5 Å². The van der Waals surface area contributed by atoms with Crippen LogP contribution in [-0.2, 0) is 4.79 Å². The van der Waals surface area contributed by atoms with Crippen molar-refractivity contribution in [2.75, 3.05) is 6.54 Å². The predicted molar refractivity (Wildman–Crippen MR) is 78.0 cm³/mol. The number of hydrogen-bond donors (Lipinski definition) is 2. The number of rotatable bonds is 3. The van der Waals surface area contributed by atoms with Crippen molar-refractivity contribution in [3.05, 3.63) is 21.9 Å². The number of nitrogens with zero attached hydrogens (tertiary/aromatic N) is 1. The van der Waals surface area contributed by atoms with E-state index in [9.17, 15) is 14.7 Å². The van der Waals surface area contributed by atoms with E-state index in [0.717, 1.165) is 11.3 Å². The molecule has 0 spiro atoms. The molecular formula is C14H20N2O3S. The van der Waals surface area contributed by atoms with Gasteiger partial charge in [0.1, 0.15) is 5.54 Å². The van der Waals surface area contributed by atoms with Crippen molar-refractivity contribution in [2.24, 2.45) is 0 Å². The lowest BCUT2D eigenvalue weighted by molar-refractivity contribution is -0.147. The molecular weight excluding hydrogens is 276 g/mol. The zero-order valence-corrected chi connectivity index (χ0v) is 12.8. The van der Waals surface area contributed by atoms with Crippen molar-refractivity contribution in [1.29, 1.82) is 0 Å². The Morgan fingerprint density at radius 3 is 2.75 bits per heavy atom. The average Bonchev–Trinajstić information content (AvgIpc) is 2.96. The molecule has 2 unspecified atom stereocenters. The first-order valence-corrected chi connectivity index (χ1v) is 7.54. The van der Waals surface area contributed by atoms with Gasteiger partial charge in [0, 0.05) is 16.3 Å². The Bertz CT molecular complexity index is 528. The molecule has 1 aliphatic rings. The number of carbonyl (C=O) groups excluding carboxylic acids is 1. The van der Waals surface area contributed by atoms with Crippen molar-refractivity contribution < 1.29 is 14.7 Å². The normalized spacial score (nSPS) is 23.6. The number of urea groups is 1. The minimum atomic E-state index is -1.09. The van der Waals surface area contributed by atoms with Gasteiger partial charge >= 0.3 is 12.0 Å². The van der Waals surface area contributed by atoms with Gasteiger partial charge in [-0.15, -0.1) is 11.3 Å². The van der Waals surface area contributed by atoms with Crippen molar-refractivity contribution >= 4 is 23.3 Å². The highest BCUT2D eigenvalue weighted by atomic mass is 32.1. The Morgan fingerprint density at radius 2 is 2.20 bits per heavy atom. The number of carbonyl (C=O) groups is 2.